The molecule has 2 saturated heterocycles. The van der Waals surface area contributed by atoms with Gasteiger partial charge in [-0.25, -0.2) is 18.6 Å². The van der Waals surface area contributed by atoms with Gasteiger partial charge >= 0.3 is 6.03 Å². The molecule has 2 atom stereocenters. The number of fused-ring (bicyclic) bond motifs is 1. The minimum Gasteiger partial charge on any atom is -0.348 e. The third kappa shape index (κ3) is 4.29. The van der Waals surface area contributed by atoms with Crippen LogP contribution in [0, 0.1) is 17.6 Å². The summed E-state index contributed by atoms with van der Waals surface area (Å²) in [4.78, 5) is 21.1. The Bertz CT molecular complexity index is 1200. The normalized spacial score (nSPS) is 21.0. The predicted molar refractivity (Wildman–Crippen MR) is 126 cm³/mol. The highest BCUT2D eigenvalue weighted by atomic mass is 19.1. The minimum absolute atomic E-state index is 0.193. The van der Waals surface area contributed by atoms with Gasteiger partial charge in [0.2, 0.25) is 0 Å². The molecule has 2 N–H and O–H groups in total. The highest BCUT2D eigenvalue weighted by Gasteiger charge is 2.30. The molecule has 2 amide bonds. The summed E-state index contributed by atoms with van der Waals surface area (Å²) >= 11 is 0. The summed E-state index contributed by atoms with van der Waals surface area (Å²) in [6.07, 6.45) is 3.13. The molecule has 0 radical (unpaired) electrons. The minimum atomic E-state index is -0.459. The van der Waals surface area contributed by atoms with Crippen molar-refractivity contribution in [2.75, 3.05) is 36.4 Å². The van der Waals surface area contributed by atoms with Crippen molar-refractivity contribution >= 4 is 23.3 Å². The van der Waals surface area contributed by atoms with Crippen molar-refractivity contribution in [3.8, 4) is 0 Å². The maximum Gasteiger partial charge on any atom is 0.323 e. The monoisotopic (exact) mass is 469 g/mol. The molecule has 3 aromatic rings. The van der Waals surface area contributed by atoms with Gasteiger partial charge in [-0.05, 0) is 49.1 Å². The number of imidazole rings is 1. The van der Waals surface area contributed by atoms with Gasteiger partial charge in [0.25, 0.3) is 0 Å². The fraction of sp³-hybridized carbons (Fsp3) is 0.458. The zero-order valence-corrected chi connectivity index (χ0v) is 19.3. The molecule has 2 aliphatic rings. The second-order valence-corrected chi connectivity index (χ2v) is 9.30. The first-order valence-electron chi connectivity index (χ1n) is 11.8. The molecule has 0 saturated carbocycles. The average Bonchev–Trinajstić information content (AvgIpc) is 3.48. The number of urea groups is 1. The van der Waals surface area contributed by atoms with E-state index in [0.717, 1.165) is 19.0 Å². The van der Waals surface area contributed by atoms with Gasteiger partial charge in [-0.1, -0.05) is 13.8 Å². The number of nitrogens with zero attached hydrogens (tertiary/aromatic N) is 5. The summed E-state index contributed by atoms with van der Waals surface area (Å²) in [6, 6.07) is 6.95. The molecular weight excluding hydrogens is 440 g/mol. The smallest absolute Gasteiger partial charge is 0.323 e. The molecule has 5 rings (SSSR count). The third-order valence-electron chi connectivity index (χ3n) is 6.74. The van der Waals surface area contributed by atoms with Gasteiger partial charge in [0, 0.05) is 37.8 Å². The third-order valence-corrected chi connectivity index (χ3v) is 6.74. The van der Waals surface area contributed by atoms with E-state index in [2.05, 4.69) is 29.5 Å². The topological polar surface area (TPSA) is 77.8 Å². The number of aromatic nitrogens is 3. The Morgan fingerprint density at radius 2 is 2.06 bits per heavy atom. The van der Waals surface area contributed by atoms with Crippen LogP contribution in [0.2, 0.25) is 0 Å². The lowest BCUT2D eigenvalue weighted by Gasteiger charge is -2.35. The van der Waals surface area contributed by atoms with Crippen molar-refractivity contribution in [3.05, 3.63) is 53.7 Å². The van der Waals surface area contributed by atoms with Crippen molar-refractivity contribution < 1.29 is 13.6 Å². The van der Waals surface area contributed by atoms with E-state index < -0.39 is 11.6 Å². The van der Waals surface area contributed by atoms with Crippen molar-refractivity contribution in [1.82, 2.24) is 24.8 Å². The number of halogens is 2. The maximum absolute atomic E-state index is 14.5. The predicted octanol–water partition coefficient (Wildman–Crippen LogP) is 3.81. The fourth-order valence-electron chi connectivity index (χ4n) is 4.83. The number of carbonyl (C=O) groups excluding carboxylic acids is 1. The number of amides is 2. The van der Waals surface area contributed by atoms with Gasteiger partial charge in [-0.15, -0.1) is 5.10 Å². The average molecular weight is 470 g/mol. The first-order valence-corrected chi connectivity index (χ1v) is 11.8. The van der Waals surface area contributed by atoms with Crippen LogP contribution in [0.3, 0.4) is 0 Å². The number of benzene rings is 1. The summed E-state index contributed by atoms with van der Waals surface area (Å²) in [6.45, 7) is 6.95. The van der Waals surface area contributed by atoms with E-state index in [4.69, 9.17) is 5.10 Å². The molecule has 2 fully saturated rings. The molecular formula is C24H29F2N7O. The van der Waals surface area contributed by atoms with E-state index in [-0.39, 0.29) is 18.1 Å². The molecule has 2 aromatic heterocycles. The SMILES string of the molecule is CC(C)C1CN(C(=O)Nc2cnc3ccc(N4CCC[C@@H]4c4cc(F)ccc4F)nn23)CCN1. The Morgan fingerprint density at radius 3 is 2.88 bits per heavy atom. The van der Waals surface area contributed by atoms with Crippen LogP contribution in [-0.4, -0.2) is 57.7 Å². The van der Waals surface area contributed by atoms with E-state index >= 15 is 0 Å². The molecule has 4 heterocycles. The zero-order chi connectivity index (χ0) is 23.8. The maximum atomic E-state index is 14.5. The van der Waals surface area contributed by atoms with Crippen LogP contribution in [0.5, 0.6) is 0 Å². The molecule has 0 aliphatic carbocycles. The number of hydrogen-bond donors (Lipinski definition) is 2. The summed E-state index contributed by atoms with van der Waals surface area (Å²) in [7, 11) is 0. The highest BCUT2D eigenvalue weighted by molar-refractivity contribution is 5.88. The van der Waals surface area contributed by atoms with Crippen LogP contribution >= 0.6 is 0 Å². The van der Waals surface area contributed by atoms with E-state index in [1.807, 2.05) is 17.0 Å². The quantitative estimate of drug-likeness (QED) is 0.608. The molecule has 1 aromatic carbocycles. The van der Waals surface area contributed by atoms with Crippen molar-refractivity contribution in [1.29, 1.82) is 0 Å². The largest absolute Gasteiger partial charge is 0.348 e. The van der Waals surface area contributed by atoms with Gasteiger partial charge in [-0.2, -0.15) is 4.52 Å². The first kappa shape index (κ1) is 22.5. The summed E-state index contributed by atoms with van der Waals surface area (Å²) in [5.74, 6) is 0.625. The van der Waals surface area contributed by atoms with Crippen LogP contribution in [0.4, 0.5) is 25.2 Å². The van der Waals surface area contributed by atoms with Crippen molar-refractivity contribution in [2.45, 2.75) is 38.8 Å². The van der Waals surface area contributed by atoms with Gasteiger partial charge in [0.15, 0.2) is 11.5 Å². The summed E-state index contributed by atoms with van der Waals surface area (Å²) in [5.41, 5.74) is 0.920. The molecule has 10 heteroatoms. The Kier molecular flexibility index (Phi) is 6.07. The number of nitrogens with one attached hydrogen (secondary N) is 2. The standard InChI is InChI=1S/C24H29F2N7O/c1-15(2)19-14-31(11-9-27-19)24(34)29-23-13-28-21-7-8-22(30-33(21)23)32-10-3-4-20(32)17-12-16(25)5-6-18(17)26/h5-8,12-13,15,19-20,27H,3-4,9-11,14H2,1-2H3,(H,29,34)/t19?,20-/m1/s1. The van der Waals surface area contributed by atoms with Crippen LogP contribution in [0.15, 0.2) is 36.5 Å². The van der Waals surface area contributed by atoms with Gasteiger partial charge in [0.1, 0.15) is 17.5 Å². The van der Waals surface area contributed by atoms with Crippen LogP contribution < -0.4 is 15.5 Å². The Labute approximate surface area is 196 Å². The van der Waals surface area contributed by atoms with E-state index in [0.29, 0.717) is 54.8 Å². The summed E-state index contributed by atoms with van der Waals surface area (Å²) < 4.78 is 29.9. The molecule has 180 valence electrons. The van der Waals surface area contributed by atoms with Crippen molar-refractivity contribution in [3.63, 3.8) is 0 Å². The summed E-state index contributed by atoms with van der Waals surface area (Å²) in [5, 5.41) is 11.1. The lowest BCUT2D eigenvalue weighted by molar-refractivity contribution is 0.177. The van der Waals surface area contributed by atoms with E-state index in [1.54, 1.807) is 15.6 Å². The Morgan fingerprint density at radius 1 is 1.21 bits per heavy atom. The molecule has 34 heavy (non-hydrogen) atoms. The lowest BCUT2D eigenvalue weighted by atomic mass is 10.0. The van der Waals surface area contributed by atoms with E-state index in [9.17, 15) is 13.6 Å². The second kappa shape index (κ2) is 9.17. The first-order chi connectivity index (χ1) is 16.4. The number of rotatable bonds is 4. The number of hydrogen-bond acceptors (Lipinski definition) is 5. The van der Waals surface area contributed by atoms with Gasteiger partial charge < -0.3 is 15.1 Å². The van der Waals surface area contributed by atoms with Crippen LogP contribution in [0.1, 0.15) is 38.3 Å². The zero-order valence-electron chi connectivity index (χ0n) is 19.3. The van der Waals surface area contributed by atoms with Gasteiger partial charge in [0.05, 0.1) is 12.2 Å². The molecule has 8 nitrogen and oxygen atoms in total. The highest BCUT2D eigenvalue weighted by Crippen LogP contribution is 2.36. The van der Waals surface area contributed by atoms with E-state index in [1.165, 1.54) is 12.1 Å². The number of carbonyl (C=O) groups is 1. The number of anilines is 2. The Hall–Kier alpha value is -3.27. The molecule has 2 aliphatic heterocycles. The van der Waals surface area contributed by atoms with Crippen LogP contribution in [-0.2, 0) is 0 Å². The lowest BCUT2D eigenvalue weighted by Crippen LogP contribution is -2.55. The van der Waals surface area contributed by atoms with Gasteiger partial charge in [-0.3, -0.25) is 5.32 Å². The molecule has 0 bridgehead atoms. The second-order valence-electron chi connectivity index (χ2n) is 9.30. The van der Waals surface area contributed by atoms with Crippen LogP contribution in [0.25, 0.3) is 5.65 Å². The Balaban J connectivity index is 1.39. The van der Waals surface area contributed by atoms with Crippen molar-refractivity contribution in [2.24, 2.45) is 5.92 Å². The number of piperazine rings is 1. The molecule has 0 spiro atoms. The molecule has 1 unspecified atom stereocenters. The fourth-order valence-corrected chi connectivity index (χ4v) is 4.83.